The predicted molar refractivity (Wildman–Crippen MR) is 140 cm³/mol. The van der Waals surface area contributed by atoms with Crippen LogP contribution in [0.25, 0.3) is 39.0 Å². The lowest BCUT2D eigenvalue weighted by Crippen LogP contribution is -2.02. The third kappa shape index (κ3) is 3.46. The maximum atomic E-state index is 13.7. The Labute approximate surface area is 206 Å². The lowest BCUT2D eigenvalue weighted by atomic mass is 10.1. The van der Waals surface area contributed by atoms with Crippen molar-refractivity contribution in [2.45, 2.75) is 26.3 Å². The van der Waals surface area contributed by atoms with Gasteiger partial charge in [-0.05, 0) is 24.6 Å². The summed E-state index contributed by atoms with van der Waals surface area (Å²) in [5.74, 6) is 0.0204. The lowest BCUT2D eigenvalue weighted by Gasteiger charge is -2.04. The number of aromatic amines is 1. The predicted octanol–water partition coefficient (Wildman–Crippen LogP) is 6.87. The number of unbranched alkanes of at least 4 members (excludes halogenated alkanes) is 1. The van der Waals surface area contributed by atoms with Crippen LogP contribution >= 0.6 is 0 Å². The zero-order valence-corrected chi connectivity index (χ0v) is 19.7. The number of hydrogen-bond donors (Lipinski definition) is 2. The van der Waals surface area contributed by atoms with E-state index < -0.39 is 5.91 Å². The van der Waals surface area contributed by atoms with Crippen LogP contribution < -0.4 is 0 Å². The Balaban J connectivity index is 1.57. The monoisotopic (exact) mass is 476 g/mol. The van der Waals surface area contributed by atoms with E-state index in [0.29, 0.717) is 28.1 Å². The summed E-state index contributed by atoms with van der Waals surface area (Å²) in [6.07, 6.45) is 2.03. The molecular formula is C28H24N6O2. The van der Waals surface area contributed by atoms with E-state index in [1.54, 1.807) is 0 Å². The van der Waals surface area contributed by atoms with Gasteiger partial charge in [0.2, 0.25) is 11.7 Å². The van der Waals surface area contributed by atoms with Gasteiger partial charge in [-0.3, -0.25) is 9.20 Å². The largest absolute Gasteiger partial charge is 0.493 e. The number of aromatic nitrogens is 4. The van der Waals surface area contributed by atoms with Crippen molar-refractivity contribution in [2.24, 2.45) is 10.2 Å². The normalized spacial score (nSPS) is 11.9. The topological polar surface area (TPSA) is 100 Å². The molecule has 0 bridgehead atoms. The molecule has 0 aliphatic rings. The molecule has 6 aromatic rings. The van der Waals surface area contributed by atoms with Crippen LogP contribution in [0.1, 0.15) is 30.3 Å². The van der Waals surface area contributed by atoms with Crippen molar-refractivity contribution in [1.82, 2.24) is 18.9 Å². The molecule has 2 N–H and O–H groups in total. The van der Waals surface area contributed by atoms with Crippen molar-refractivity contribution in [2.75, 3.05) is 0 Å². The minimum absolute atomic E-state index is 0.134. The molecular weight excluding hydrogens is 452 g/mol. The van der Waals surface area contributed by atoms with Crippen molar-refractivity contribution >= 4 is 39.3 Å². The van der Waals surface area contributed by atoms with Gasteiger partial charge >= 0.3 is 5.91 Å². The van der Waals surface area contributed by atoms with Crippen molar-refractivity contribution in [3.05, 3.63) is 84.6 Å². The van der Waals surface area contributed by atoms with Gasteiger partial charge in [0.15, 0.2) is 5.69 Å². The van der Waals surface area contributed by atoms with E-state index >= 15 is 0 Å². The first-order chi connectivity index (χ1) is 17.7. The zero-order valence-electron chi connectivity index (χ0n) is 19.7. The summed E-state index contributed by atoms with van der Waals surface area (Å²) in [5.41, 5.74) is 4.54. The average molecular weight is 477 g/mol. The molecule has 3 aromatic carbocycles. The quantitative estimate of drug-likeness (QED) is 0.257. The minimum Gasteiger partial charge on any atom is -0.493 e. The standard InChI is InChI=1S/C28H24N6O2/c1-2-3-17-33-21-15-9-10-16-22(21)34-25(23(30-28(33)34)18-11-5-4-6-12-18)27(36)32-31-24-19-13-7-8-14-20(19)29-26(24)35/h4-16,29,35H,2-3,17H2,1H3. The summed E-state index contributed by atoms with van der Waals surface area (Å²) in [5, 5.41) is 19.3. The molecule has 3 heterocycles. The minimum atomic E-state index is -0.538. The number of benzene rings is 3. The van der Waals surface area contributed by atoms with Crippen LogP contribution in [0.4, 0.5) is 5.69 Å². The highest BCUT2D eigenvalue weighted by molar-refractivity contribution is 6.02. The molecule has 8 nitrogen and oxygen atoms in total. The molecule has 36 heavy (non-hydrogen) atoms. The van der Waals surface area contributed by atoms with Crippen LogP contribution in [0, 0.1) is 0 Å². The summed E-state index contributed by atoms with van der Waals surface area (Å²) >= 11 is 0. The van der Waals surface area contributed by atoms with E-state index in [-0.39, 0.29) is 11.6 Å². The van der Waals surface area contributed by atoms with Crippen molar-refractivity contribution in [1.29, 1.82) is 0 Å². The van der Waals surface area contributed by atoms with Gasteiger partial charge in [0.25, 0.3) is 0 Å². The molecule has 0 radical (unpaired) electrons. The second-order valence-corrected chi connectivity index (χ2v) is 8.68. The Morgan fingerprint density at radius 3 is 2.50 bits per heavy atom. The summed E-state index contributed by atoms with van der Waals surface area (Å²) < 4.78 is 4.04. The molecule has 3 aromatic heterocycles. The molecule has 0 aliphatic heterocycles. The van der Waals surface area contributed by atoms with Crippen LogP contribution in [0.3, 0.4) is 0 Å². The fourth-order valence-electron chi connectivity index (χ4n) is 4.70. The first-order valence-corrected chi connectivity index (χ1v) is 12.0. The number of amides is 1. The number of aryl methyl sites for hydroxylation is 1. The number of nitrogens with zero attached hydrogens (tertiary/aromatic N) is 5. The zero-order chi connectivity index (χ0) is 24.6. The summed E-state index contributed by atoms with van der Waals surface area (Å²) in [6.45, 7) is 2.94. The molecule has 0 atom stereocenters. The molecule has 0 unspecified atom stereocenters. The molecule has 6 rings (SSSR count). The number of hydrogen-bond acceptors (Lipinski definition) is 4. The van der Waals surface area contributed by atoms with Gasteiger partial charge in [-0.15, -0.1) is 10.2 Å². The van der Waals surface area contributed by atoms with Crippen LogP contribution in [0.15, 0.2) is 89.1 Å². The number of aromatic hydroxyl groups is 1. The van der Waals surface area contributed by atoms with Crippen LogP contribution in [0.5, 0.6) is 5.88 Å². The number of carbonyl (C=O) groups excluding carboxylic acids is 1. The molecule has 0 saturated heterocycles. The fraction of sp³-hybridized carbons (Fsp3) is 0.143. The highest BCUT2D eigenvalue weighted by Crippen LogP contribution is 2.36. The van der Waals surface area contributed by atoms with Gasteiger partial charge in [-0.2, -0.15) is 0 Å². The number of nitrogens with one attached hydrogen (secondary N) is 1. The second-order valence-electron chi connectivity index (χ2n) is 8.68. The Morgan fingerprint density at radius 1 is 0.972 bits per heavy atom. The lowest BCUT2D eigenvalue weighted by molar-refractivity contribution is 0.0990. The van der Waals surface area contributed by atoms with Gasteiger partial charge in [0, 0.05) is 17.5 Å². The number of carbonyl (C=O) groups is 1. The Morgan fingerprint density at radius 2 is 1.69 bits per heavy atom. The number of para-hydroxylation sites is 3. The van der Waals surface area contributed by atoms with E-state index in [9.17, 15) is 9.90 Å². The first kappa shape index (κ1) is 21.8. The molecule has 0 aliphatic carbocycles. The van der Waals surface area contributed by atoms with Gasteiger partial charge in [0.05, 0.1) is 16.6 Å². The van der Waals surface area contributed by atoms with E-state index in [1.807, 2.05) is 83.3 Å². The Hall–Kier alpha value is -4.72. The summed E-state index contributed by atoms with van der Waals surface area (Å²) in [6, 6.07) is 24.9. The number of imidazole rings is 2. The third-order valence-electron chi connectivity index (χ3n) is 6.40. The van der Waals surface area contributed by atoms with Crippen LogP contribution in [-0.2, 0) is 6.54 Å². The number of H-pyrrole nitrogens is 1. The highest BCUT2D eigenvalue weighted by Gasteiger charge is 2.26. The SMILES string of the molecule is CCCCn1c2ccccc2n2c(C(=O)N=Nc3c(O)[nH]c4ccccc34)c(-c3ccccc3)nc12. The smallest absolute Gasteiger partial charge is 0.314 e. The fourth-order valence-corrected chi connectivity index (χ4v) is 4.70. The molecule has 0 spiro atoms. The van der Waals surface area contributed by atoms with Gasteiger partial charge < -0.3 is 14.7 Å². The van der Waals surface area contributed by atoms with Crippen molar-refractivity contribution in [3.63, 3.8) is 0 Å². The maximum Gasteiger partial charge on any atom is 0.314 e. The van der Waals surface area contributed by atoms with E-state index in [4.69, 9.17) is 4.98 Å². The molecule has 178 valence electrons. The highest BCUT2D eigenvalue weighted by atomic mass is 16.3. The van der Waals surface area contributed by atoms with Crippen molar-refractivity contribution in [3.8, 4) is 17.1 Å². The molecule has 0 fully saturated rings. The first-order valence-electron chi connectivity index (χ1n) is 12.0. The van der Waals surface area contributed by atoms with Gasteiger partial charge in [-0.1, -0.05) is 74.0 Å². The van der Waals surface area contributed by atoms with E-state index in [0.717, 1.165) is 36.0 Å². The number of rotatable bonds is 6. The third-order valence-corrected chi connectivity index (χ3v) is 6.40. The average Bonchev–Trinajstić information content (AvgIpc) is 3.55. The van der Waals surface area contributed by atoms with Gasteiger partial charge in [0.1, 0.15) is 11.4 Å². The molecule has 0 saturated carbocycles. The van der Waals surface area contributed by atoms with Crippen LogP contribution in [0.2, 0.25) is 0 Å². The second kappa shape index (κ2) is 8.81. The van der Waals surface area contributed by atoms with Crippen LogP contribution in [-0.4, -0.2) is 29.9 Å². The Kier molecular flexibility index (Phi) is 5.33. The Bertz CT molecular complexity index is 1760. The maximum absolute atomic E-state index is 13.7. The van der Waals surface area contributed by atoms with Crippen molar-refractivity contribution < 1.29 is 9.90 Å². The number of azo groups is 1. The van der Waals surface area contributed by atoms with E-state index in [2.05, 4.69) is 26.7 Å². The summed E-state index contributed by atoms with van der Waals surface area (Å²) in [4.78, 5) is 21.5. The molecule has 1 amide bonds. The number of fused-ring (bicyclic) bond motifs is 4. The van der Waals surface area contributed by atoms with Gasteiger partial charge in [-0.25, -0.2) is 4.98 Å². The van der Waals surface area contributed by atoms with E-state index in [1.165, 1.54) is 0 Å². The molecule has 8 heteroatoms. The summed E-state index contributed by atoms with van der Waals surface area (Å²) in [7, 11) is 0.